The van der Waals surface area contributed by atoms with Gasteiger partial charge in [0.15, 0.2) is 0 Å². The largest absolute Gasteiger partial charge is 0.349 e. The number of nitrogens with zero attached hydrogens (tertiary/aromatic N) is 2. The molecule has 1 aromatic carbocycles. The van der Waals surface area contributed by atoms with Crippen LogP contribution in [0.4, 0.5) is 0 Å². The lowest BCUT2D eigenvalue weighted by molar-refractivity contribution is -0.0727. The van der Waals surface area contributed by atoms with E-state index >= 15 is 0 Å². The average Bonchev–Trinajstić information content (AvgIpc) is 2.98. The third-order valence-corrected chi connectivity index (χ3v) is 8.93. The van der Waals surface area contributed by atoms with Crippen LogP contribution in [0.25, 0.3) is 0 Å². The fraction of sp³-hybridized carbons (Fsp3) is 0.615. The summed E-state index contributed by atoms with van der Waals surface area (Å²) in [5.74, 6) is 2.78. The van der Waals surface area contributed by atoms with Gasteiger partial charge in [0.05, 0.1) is 23.0 Å². The maximum Gasteiger partial charge on any atom is 0.251 e. The van der Waals surface area contributed by atoms with Gasteiger partial charge >= 0.3 is 0 Å². The lowest BCUT2D eigenvalue weighted by Crippen LogP contribution is -2.56. The van der Waals surface area contributed by atoms with Crippen molar-refractivity contribution in [1.29, 1.82) is 0 Å². The highest BCUT2D eigenvalue weighted by atomic mass is 35.5. The van der Waals surface area contributed by atoms with Crippen molar-refractivity contribution in [2.24, 2.45) is 23.2 Å². The fourth-order valence-electron chi connectivity index (χ4n) is 7.30. The molecule has 0 aliphatic heterocycles. The van der Waals surface area contributed by atoms with E-state index < -0.39 is 0 Å². The van der Waals surface area contributed by atoms with E-state index in [9.17, 15) is 4.79 Å². The molecule has 1 aromatic heterocycles. The number of halogens is 1. The molecule has 4 bridgehead atoms. The number of aryl methyl sites for hydroxylation is 1. The van der Waals surface area contributed by atoms with Gasteiger partial charge in [0.1, 0.15) is 0 Å². The molecule has 4 aliphatic rings. The van der Waals surface area contributed by atoms with Crippen molar-refractivity contribution in [1.82, 2.24) is 15.1 Å². The van der Waals surface area contributed by atoms with Gasteiger partial charge in [-0.15, -0.1) is 0 Å². The van der Waals surface area contributed by atoms with Gasteiger partial charge in [-0.25, -0.2) is 0 Å². The summed E-state index contributed by atoms with van der Waals surface area (Å²) in [5, 5.41) is 8.69. The molecule has 1 unspecified atom stereocenters. The molecule has 31 heavy (non-hydrogen) atoms. The van der Waals surface area contributed by atoms with Crippen LogP contribution < -0.4 is 5.32 Å². The molecule has 5 heteroatoms. The smallest absolute Gasteiger partial charge is 0.251 e. The number of hydrogen-bond donors (Lipinski definition) is 1. The summed E-state index contributed by atoms with van der Waals surface area (Å²) >= 11 is 6.27. The Morgan fingerprint density at radius 3 is 2.19 bits per heavy atom. The molecule has 0 radical (unpaired) electrons. The SMILES string of the molecule is CCC(NC(=O)c1ccc(Cn2nc(C)c(Cl)c2C)cc1)C12CC3CC(CC(C3)C1)C2. The summed E-state index contributed by atoms with van der Waals surface area (Å²) in [7, 11) is 0. The number of benzene rings is 1. The normalized spacial score (nSPS) is 29.9. The van der Waals surface area contributed by atoms with Crippen molar-refractivity contribution in [2.75, 3.05) is 0 Å². The predicted octanol–water partition coefficient (Wildman–Crippen LogP) is 5.93. The Balaban J connectivity index is 1.27. The third-order valence-electron chi connectivity index (χ3n) is 8.38. The van der Waals surface area contributed by atoms with E-state index in [1.165, 1.54) is 38.5 Å². The van der Waals surface area contributed by atoms with E-state index in [1.54, 1.807) is 0 Å². The van der Waals surface area contributed by atoms with E-state index in [2.05, 4.69) is 17.3 Å². The zero-order valence-electron chi connectivity index (χ0n) is 19.0. The summed E-state index contributed by atoms with van der Waals surface area (Å²) in [6.07, 6.45) is 9.29. The maximum absolute atomic E-state index is 13.1. The number of carbonyl (C=O) groups is 1. The minimum absolute atomic E-state index is 0.0725. The van der Waals surface area contributed by atoms with E-state index in [0.717, 1.165) is 51.7 Å². The molecule has 2 aromatic rings. The summed E-state index contributed by atoms with van der Waals surface area (Å²) in [5.41, 5.74) is 4.03. The van der Waals surface area contributed by atoms with E-state index in [0.29, 0.717) is 18.0 Å². The number of amides is 1. The molecule has 6 rings (SSSR count). The Morgan fingerprint density at radius 1 is 1.13 bits per heavy atom. The third kappa shape index (κ3) is 3.82. The Morgan fingerprint density at radius 2 is 1.71 bits per heavy atom. The van der Waals surface area contributed by atoms with Gasteiger partial charge in [0.25, 0.3) is 5.91 Å². The zero-order valence-corrected chi connectivity index (χ0v) is 19.7. The number of aromatic nitrogens is 2. The molecule has 1 amide bonds. The molecule has 4 nitrogen and oxygen atoms in total. The Labute approximate surface area is 190 Å². The number of hydrogen-bond acceptors (Lipinski definition) is 2. The highest BCUT2D eigenvalue weighted by Crippen LogP contribution is 2.61. The molecule has 1 N–H and O–H groups in total. The monoisotopic (exact) mass is 439 g/mol. The van der Waals surface area contributed by atoms with Crippen LogP contribution in [0, 0.1) is 37.0 Å². The van der Waals surface area contributed by atoms with Gasteiger partial charge in [-0.1, -0.05) is 30.7 Å². The van der Waals surface area contributed by atoms with Gasteiger partial charge in [0.2, 0.25) is 0 Å². The maximum atomic E-state index is 13.1. The summed E-state index contributed by atoms with van der Waals surface area (Å²) in [4.78, 5) is 13.1. The molecular weight excluding hydrogens is 406 g/mol. The lowest BCUT2D eigenvalue weighted by atomic mass is 9.47. The Hall–Kier alpha value is -1.81. The molecule has 1 atom stereocenters. The van der Waals surface area contributed by atoms with Crippen LogP contribution in [0.3, 0.4) is 0 Å². The molecule has 0 spiro atoms. The molecule has 4 aliphatic carbocycles. The van der Waals surface area contributed by atoms with Gasteiger partial charge in [-0.05, 0) is 99.7 Å². The van der Waals surface area contributed by atoms with Crippen molar-refractivity contribution in [3.8, 4) is 0 Å². The van der Waals surface area contributed by atoms with Crippen LogP contribution in [0.5, 0.6) is 0 Å². The summed E-state index contributed by atoms with van der Waals surface area (Å²) < 4.78 is 1.92. The van der Waals surface area contributed by atoms with Crippen molar-refractivity contribution < 1.29 is 4.79 Å². The first-order chi connectivity index (χ1) is 14.9. The fourth-order valence-corrected chi connectivity index (χ4v) is 7.43. The number of rotatable bonds is 6. The van der Waals surface area contributed by atoms with E-state index in [-0.39, 0.29) is 5.91 Å². The predicted molar refractivity (Wildman–Crippen MR) is 124 cm³/mol. The quantitative estimate of drug-likeness (QED) is 0.606. The second-order valence-corrected chi connectivity index (χ2v) is 10.9. The van der Waals surface area contributed by atoms with Gasteiger partial charge < -0.3 is 5.32 Å². The molecule has 4 saturated carbocycles. The highest BCUT2D eigenvalue weighted by molar-refractivity contribution is 6.31. The topological polar surface area (TPSA) is 46.9 Å². The first kappa shape index (κ1) is 21.1. The van der Waals surface area contributed by atoms with E-state index in [1.807, 2.05) is 42.8 Å². The molecular formula is C26H34ClN3O. The summed E-state index contributed by atoms with van der Waals surface area (Å²) in [6.45, 7) is 6.81. The number of nitrogens with one attached hydrogen (secondary N) is 1. The van der Waals surface area contributed by atoms with Crippen LogP contribution in [0.15, 0.2) is 24.3 Å². The van der Waals surface area contributed by atoms with Gasteiger partial charge in [-0.2, -0.15) is 5.10 Å². The Kier molecular flexibility index (Phi) is 5.40. The zero-order chi connectivity index (χ0) is 21.8. The molecule has 4 fully saturated rings. The second-order valence-electron chi connectivity index (χ2n) is 10.6. The van der Waals surface area contributed by atoms with Crippen LogP contribution in [-0.4, -0.2) is 21.7 Å². The molecule has 0 saturated heterocycles. The standard InChI is InChI=1S/C26H34ClN3O/c1-4-23(26-12-19-9-20(13-26)11-21(10-19)14-26)28-25(31)22-7-5-18(6-8-22)15-30-17(3)24(27)16(2)29-30/h5-8,19-21,23H,4,9-15H2,1-3H3,(H,28,31). The van der Waals surface area contributed by atoms with Crippen molar-refractivity contribution in [3.05, 3.63) is 51.8 Å². The van der Waals surface area contributed by atoms with Gasteiger partial charge in [0, 0.05) is 11.6 Å². The van der Waals surface area contributed by atoms with Crippen molar-refractivity contribution in [2.45, 2.75) is 78.3 Å². The van der Waals surface area contributed by atoms with Crippen LogP contribution >= 0.6 is 11.6 Å². The van der Waals surface area contributed by atoms with Crippen LogP contribution in [-0.2, 0) is 6.54 Å². The molecule has 1 heterocycles. The van der Waals surface area contributed by atoms with Crippen molar-refractivity contribution in [3.63, 3.8) is 0 Å². The average molecular weight is 440 g/mol. The molecule has 166 valence electrons. The van der Waals surface area contributed by atoms with Crippen molar-refractivity contribution >= 4 is 17.5 Å². The highest BCUT2D eigenvalue weighted by Gasteiger charge is 2.54. The summed E-state index contributed by atoms with van der Waals surface area (Å²) in [6, 6.07) is 8.26. The lowest BCUT2D eigenvalue weighted by Gasteiger charge is -2.59. The van der Waals surface area contributed by atoms with Crippen LogP contribution in [0.2, 0.25) is 5.02 Å². The number of carbonyl (C=O) groups excluding carboxylic acids is 1. The first-order valence-electron chi connectivity index (χ1n) is 12.0. The van der Waals surface area contributed by atoms with E-state index in [4.69, 9.17) is 11.6 Å². The minimum Gasteiger partial charge on any atom is -0.349 e. The minimum atomic E-state index is 0.0725. The van der Waals surface area contributed by atoms with Gasteiger partial charge in [-0.3, -0.25) is 9.48 Å². The van der Waals surface area contributed by atoms with Crippen LogP contribution in [0.1, 0.15) is 79.2 Å². The first-order valence-corrected chi connectivity index (χ1v) is 12.3. The Bertz CT molecular complexity index is 942. The second kappa shape index (κ2) is 7.95.